The summed E-state index contributed by atoms with van der Waals surface area (Å²) in [5.74, 6) is -0.249. The Bertz CT molecular complexity index is 393. The smallest absolute Gasteiger partial charge is 0.320 e. The number of nitrogens with one attached hydrogen (secondary N) is 1. The Labute approximate surface area is 116 Å². The first-order chi connectivity index (χ1) is 8.54. The van der Waals surface area contributed by atoms with Crippen LogP contribution in [0, 0.1) is 13.8 Å². The summed E-state index contributed by atoms with van der Waals surface area (Å²) in [6.07, 6.45) is 0.975. The van der Waals surface area contributed by atoms with Crippen LogP contribution in [0.1, 0.15) is 17.8 Å². The maximum Gasteiger partial charge on any atom is 0.320 e. The molecule has 1 heterocycles. The number of hydrogen-bond acceptors (Lipinski definition) is 4. The van der Waals surface area contributed by atoms with E-state index in [1.54, 1.807) is 0 Å². The van der Waals surface area contributed by atoms with Gasteiger partial charge in [-0.3, -0.25) is 9.48 Å². The van der Waals surface area contributed by atoms with Crippen molar-refractivity contribution >= 4 is 21.9 Å². The van der Waals surface area contributed by atoms with Crippen molar-refractivity contribution in [2.45, 2.75) is 31.6 Å². The molecular weight excluding hydrogens is 298 g/mol. The van der Waals surface area contributed by atoms with Crippen molar-refractivity contribution in [2.24, 2.45) is 0 Å². The maximum absolute atomic E-state index is 11.1. The normalized spacial score (nSPS) is 12.4. The second kappa shape index (κ2) is 7.53. The molecule has 0 aliphatic heterocycles. The van der Waals surface area contributed by atoms with E-state index < -0.39 is 0 Å². The van der Waals surface area contributed by atoms with Crippen molar-refractivity contribution in [3.63, 3.8) is 0 Å². The molecule has 6 heteroatoms. The summed E-state index contributed by atoms with van der Waals surface area (Å²) in [6.45, 7) is 6.35. The first-order valence-electron chi connectivity index (χ1n) is 5.98. The molecule has 1 atom stereocenters. The van der Waals surface area contributed by atoms with Crippen molar-refractivity contribution in [3.05, 3.63) is 17.5 Å². The van der Waals surface area contributed by atoms with E-state index in [0.717, 1.165) is 25.2 Å². The molecule has 1 rings (SSSR count). The van der Waals surface area contributed by atoms with E-state index in [1.165, 1.54) is 12.8 Å². The van der Waals surface area contributed by atoms with Gasteiger partial charge in [0.25, 0.3) is 0 Å². The zero-order chi connectivity index (χ0) is 13.5. The molecule has 0 aromatic carbocycles. The number of aryl methyl sites for hydroxylation is 3. The van der Waals surface area contributed by atoms with Gasteiger partial charge >= 0.3 is 5.97 Å². The van der Waals surface area contributed by atoms with Gasteiger partial charge < -0.3 is 10.1 Å². The summed E-state index contributed by atoms with van der Waals surface area (Å²) in [5, 5.41) is 7.60. The van der Waals surface area contributed by atoms with Crippen molar-refractivity contribution in [2.75, 3.05) is 20.2 Å². The number of hydrogen-bond donors (Lipinski definition) is 1. The molecule has 0 fully saturated rings. The first kappa shape index (κ1) is 15.2. The summed E-state index contributed by atoms with van der Waals surface area (Å²) in [4.78, 5) is 10.8. The van der Waals surface area contributed by atoms with Crippen LogP contribution in [-0.2, 0) is 16.1 Å². The largest absolute Gasteiger partial charge is 0.468 e. The minimum atomic E-state index is -0.281. The zero-order valence-electron chi connectivity index (χ0n) is 11.1. The highest BCUT2D eigenvalue weighted by atomic mass is 79.9. The molecule has 0 saturated carbocycles. The van der Waals surface area contributed by atoms with Crippen LogP contribution in [0.2, 0.25) is 0 Å². The van der Waals surface area contributed by atoms with Crippen molar-refractivity contribution in [3.8, 4) is 0 Å². The van der Waals surface area contributed by atoms with Crippen molar-refractivity contribution < 1.29 is 9.53 Å². The highest BCUT2D eigenvalue weighted by Gasteiger charge is 2.13. The van der Waals surface area contributed by atoms with E-state index in [2.05, 4.69) is 44.1 Å². The van der Waals surface area contributed by atoms with E-state index in [9.17, 15) is 4.79 Å². The Morgan fingerprint density at radius 1 is 1.61 bits per heavy atom. The average Bonchev–Trinajstić information content (AvgIpc) is 2.66. The molecule has 0 aliphatic carbocycles. The summed E-state index contributed by atoms with van der Waals surface area (Å²) in [6, 6.07) is 2.07. The zero-order valence-corrected chi connectivity index (χ0v) is 12.7. The molecule has 0 aliphatic rings. The molecule has 18 heavy (non-hydrogen) atoms. The fraction of sp³-hybridized carbons (Fsp3) is 0.667. The Morgan fingerprint density at radius 3 is 2.89 bits per heavy atom. The molecule has 5 nitrogen and oxygen atoms in total. The average molecular weight is 318 g/mol. The molecule has 1 unspecified atom stereocenters. The van der Waals surface area contributed by atoms with E-state index in [4.69, 9.17) is 0 Å². The fourth-order valence-electron chi connectivity index (χ4n) is 1.70. The first-order valence-corrected chi connectivity index (χ1v) is 6.90. The van der Waals surface area contributed by atoms with Crippen LogP contribution in [0.25, 0.3) is 0 Å². The van der Waals surface area contributed by atoms with Crippen LogP contribution in [0.3, 0.4) is 0 Å². The molecule has 1 N–H and O–H groups in total. The van der Waals surface area contributed by atoms with Crippen LogP contribution in [-0.4, -0.2) is 40.8 Å². The van der Waals surface area contributed by atoms with Crippen LogP contribution in [0.5, 0.6) is 0 Å². The lowest BCUT2D eigenvalue weighted by molar-refractivity contribution is -0.139. The monoisotopic (exact) mass is 317 g/mol. The third-order valence-electron chi connectivity index (χ3n) is 2.61. The van der Waals surface area contributed by atoms with Gasteiger partial charge in [-0.25, -0.2) is 0 Å². The molecule has 1 aromatic rings. The van der Waals surface area contributed by atoms with Crippen LogP contribution in [0.15, 0.2) is 6.07 Å². The van der Waals surface area contributed by atoms with Gasteiger partial charge in [0.05, 0.1) is 12.8 Å². The molecule has 1 aromatic heterocycles. The lowest BCUT2D eigenvalue weighted by Crippen LogP contribution is -2.30. The molecule has 0 spiro atoms. The third kappa shape index (κ3) is 4.78. The number of ether oxygens (including phenoxy) is 1. The van der Waals surface area contributed by atoms with Crippen LogP contribution in [0.4, 0.5) is 0 Å². The Hall–Kier alpha value is -0.880. The van der Waals surface area contributed by atoms with Gasteiger partial charge in [0.15, 0.2) is 0 Å². The van der Waals surface area contributed by atoms with Gasteiger partial charge in [-0.2, -0.15) is 5.10 Å². The highest BCUT2D eigenvalue weighted by Crippen LogP contribution is 2.03. The number of aromatic nitrogens is 2. The maximum atomic E-state index is 11.1. The Kier molecular flexibility index (Phi) is 6.35. The molecule has 0 radical (unpaired) electrons. The number of esters is 1. The van der Waals surface area contributed by atoms with Gasteiger partial charge in [-0.1, -0.05) is 15.9 Å². The topological polar surface area (TPSA) is 56.1 Å². The SMILES string of the molecule is COC(=O)C(Br)CNCCCn1nc(C)cc1C. The van der Waals surface area contributed by atoms with Crippen LogP contribution >= 0.6 is 15.9 Å². The number of nitrogens with zero attached hydrogens (tertiary/aromatic N) is 2. The number of carbonyl (C=O) groups is 1. The Balaban J connectivity index is 2.16. The predicted molar refractivity (Wildman–Crippen MR) is 73.9 cm³/mol. The molecule has 0 bridgehead atoms. The molecule has 102 valence electrons. The summed E-state index contributed by atoms with van der Waals surface area (Å²) in [7, 11) is 1.39. The second-order valence-electron chi connectivity index (χ2n) is 4.20. The molecule has 0 amide bonds. The van der Waals surface area contributed by atoms with Gasteiger partial charge in [0.2, 0.25) is 0 Å². The minimum absolute atomic E-state index is 0.249. The van der Waals surface area contributed by atoms with Gasteiger partial charge in [0.1, 0.15) is 4.83 Å². The Morgan fingerprint density at radius 2 is 2.33 bits per heavy atom. The van der Waals surface area contributed by atoms with Gasteiger partial charge in [0, 0.05) is 18.8 Å². The van der Waals surface area contributed by atoms with E-state index >= 15 is 0 Å². The molecule has 0 saturated heterocycles. The second-order valence-corrected chi connectivity index (χ2v) is 5.30. The summed E-state index contributed by atoms with van der Waals surface area (Å²) in [5.41, 5.74) is 2.23. The highest BCUT2D eigenvalue weighted by molar-refractivity contribution is 9.10. The minimum Gasteiger partial charge on any atom is -0.468 e. The fourth-order valence-corrected chi connectivity index (χ4v) is 2.11. The van der Waals surface area contributed by atoms with E-state index in [-0.39, 0.29) is 10.8 Å². The number of methoxy groups -OCH3 is 1. The number of halogens is 1. The quantitative estimate of drug-likeness (QED) is 0.469. The predicted octanol–water partition coefficient (Wildman–Crippen LogP) is 1.42. The number of carbonyl (C=O) groups excluding carboxylic acids is 1. The third-order valence-corrected chi connectivity index (χ3v) is 3.30. The van der Waals surface area contributed by atoms with Crippen LogP contribution < -0.4 is 5.32 Å². The lowest BCUT2D eigenvalue weighted by Gasteiger charge is -2.09. The van der Waals surface area contributed by atoms with E-state index in [0.29, 0.717) is 6.54 Å². The van der Waals surface area contributed by atoms with E-state index in [1.807, 2.05) is 11.6 Å². The summed E-state index contributed by atoms with van der Waals surface area (Å²) >= 11 is 3.26. The lowest BCUT2D eigenvalue weighted by atomic mass is 10.3. The standard InChI is InChI=1S/C12H20BrN3O2/c1-9-7-10(2)16(15-9)6-4-5-14-8-11(13)12(17)18-3/h7,11,14H,4-6,8H2,1-3H3. The number of alkyl halides is 1. The van der Waals surface area contributed by atoms with Gasteiger partial charge in [-0.05, 0) is 32.9 Å². The summed E-state index contributed by atoms with van der Waals surface area (Å²) < 4.78 is 6.62. The van der Waals surface area contributed by atoms with Crippen molar-refractivity contribution in [1.29, 1.82) is 0 Å². The molecular formula is C12H20BrN3O2. The van der Waals surface area contributed by atoms with Crippen molar-refractivity contribution in [1.82, 2.24) is 15.1 Å². The number of rotatable bonds is 7. The van der Waals surface area contributed by atoms with Gasteiger partial charge in [-0.15, -0.1) is 0 Å².